The molecule has 1 saturated heterocycles. The number of nitrogens with zero attached hydrogens (tertiary/aromatic N) is 1. The average molecular weight is 276 g/mol. The summed E-state index contributed by atoms with van der Waals surface area (Å²) in [5.41, 5.74) is 1.39. The minimum atomic E-state index is 0.492. The van der Waals surface area contributed by atoms with E-state index in [1.807, 2.05) is 6.07 Å². The second-order valence-electron chi connectivity index (χ2n) is 6.01. The lowest BCUT2D eigenvalue weighted by atomic mass is 9.83. The van der Waals surface area contributed by atoms with E-state index >= 15 is 0 Å². The fourth-order valence-corrected chi connectivity index (χ4v) is 3.45. The van der Waals surface area contributed by atoms with Crippen LogP contribution in [0.1, 0.15) is 38.3 Å². The van der Waals surface area contributed by atoms with E-state index in [-0.39, 0.29) is 0 Å². The van der Waals surface area contributed by atoms with Crippen LogP contribution in [0, 0.1) is 5.92 Å². The normalized spacial score (nSPS) is 24.1. The van der Waals surface area contributed by atoms with Gasteiger partial charge in [-0.1, -0.05) is 12.1 Å². The minimum absolute atomic E-state index is 0.492. The highest BCUT2D eigenvalue weighted by Gasteiger charge is 2.33. The van der Waals surface area contributed by atoms with Gasteiger partial charge >= 0.3 is 0 Å². The van der Waals surface area contributed by atoms with E-state index in [1.165, 1.54) is 24.9 Å². The Hall–Kier alpha value is -1.06. The lowest BCUT2D eigenvalue weighted by molar-refractivity contribution is 0.0635. The molecule has 1 aromatic carbocycles. The van der Waals surface area contributed by atoms with E-state index in [0.29, 0.717) is 18.0 Å². The Morgan fingerprint density at radius 2 is 2.20 bits per heavy atom. The summed E-state index contributed by atoms with van der Waals surface area (Å²) in [4.78, 5) is 2.64. The van der Waals surface area contributed by atoms with Crippen molar-refractivity contribution < 1.29 is 4.74 Å². The Balaban J connectivity index is 2.32. The van der Waals surface area contributed by atoms with Crippen molar-refractivity contribution in [2.45, 2.75) is 38.8 Å². The summed E-state index contributed by atoms with van der Waals surface area (Å²) >= 11 is 0. The largest absolute Gasteiger partial charge is 0.497 e. The predicted molar refractivity (Wildman–Crippen MR) is 84.2 cm³/mol. The van der Waals surface area contributed by atoms with E-state index in [4.69, 9.17) is 4.74 Å². The van der Waals surface area contributed by atoms with E-state index in [2.05, 4.69) is 49.3 Å². The average Bonchev–Trinajstić information content (AvgIpc) is 2.47. The first-order valence-electron chi connectivity index (χ1n) is 7.71. The van der Waals surface area contributed by atoms with Crippen molar-refractivity contribution in [3.05, 3.63) is 29.8 Å². The van der Waals surface area contributed by atoms with Gasteiger partial charge in [0.1, 0.15) is 5.75 Å². The highest BCUT2D eigenvalue weighted by Crippen LogP contribution is 2.38. The SMILES string of the molecule is CNCC1CCCN(C(C)C)C1c1cccc(OC)c1. The van der Waals surface area contributed by atoms with Crippen molar-refractivity contribution in [1.82, 2.24) is 10.2 Å². The summed E-state index contributed by atoms with van der Waals surface area (Å²) < 4.78 is 5.40. The van der Waals surface area contributed by atoms with Gasteiger partial charge in [0.25, 0.3) is 0 Å². The quantitative estimate of drug-likeness (QED) is 0.894. The number of hydrogen-bond acceptors (Lipinski definition) is 3. The van der Waals surface area contributed by atoms with E-state index in [9.17, 15) is 0 Å². The Bertz CT molecular complexity index is 417. The van der Waals surface area contributed by atoms with Crippen molar-refractivity contribution in [1.29, 1.82) is 0 Å². The molecule has 0 bridgehead atoms. The zero-order chi connectivity index (χ0) is 14.5. The molecule has 1 aliphatic heterocycles. The van der Waals surface area contributed by atoms with Gasteiger partial charge in [-0.05, 0) is 70.4 Å². The maximum atomic E-state index is 5.40. The molecule has 3 heteroatoms. The molecular formula is C17H28N2O. The van der Waals surface area contributed by atoms with Gasteiger partial charge in [-0.25, -0.2) is 0 Å². The van der Waals surface area contributed by atoms with Gasteiger partial charge in [-0.15, -0.1) is 0 Å². The molecule has 1 fully saturated rings. The molecule has 2 unspecified atom stereocenters. The number of benzene rings is 1. The number of likely N-dealkylation sites (tertiary alicyclic amines) is 1. The third-order valence-electron chi connectivity index (χ3n) is 4.36. The number of nitrogens with one attached hydrogen (secondary N) is 1. The van der Waals surface area contributed by atoms with Crippen molar-refractivity contribution in [3.8, 4) is 5.75 Å². The molecule has 112 valence electrons. The van der Waals surface area contributed by atoms with Crippen molar-refractivity contribution in [2.24, 2.45) is 5.92 Å². The van der Waals surface area contributed by atoms with Crippen molar-refractivity contribution in [3.63, 3.8) is 0 Å². The Labute approximate surface area is 123 Å². The molecule has 0 radical (unpaired) electrons. The number of ether oxygens (including phenoxy) is 1. The first-order valence-corrected chi connectivity index (χ1v) is 7.71. The van der Waals surface area contributed by atoms with Crippen LogP contribution in [0.15, 0.2) is 24.3 Å². The van der Waals surface area contributed by atoms with Gasteiger partial charge < -0.3 is 10.1 Å². The smallest absolute Gasteiger partial charge is 0.119 e. The monoisotopic (exact) mass is 276 g/mol. The number of piperidine rings is 1. The molecule has 3 nitrogen and oxygen atoms in total. The molecular weight excluding hydrogens is 248 g/mol. The summed E-state index contributed by atoms with van der Waals surface area (Å²) in [7, 11) is 3.79. The van der Waals surface area contributed by atoms with Crippen LogP contribution >= 0.6 is 0 Å². The van der Waals surface area contributed by atoms with Crippen molar-refractivity contribution in [2.75, 3.05) is 27.2 Å². The third-order valence-corrected chi connectivity index (χ3v) is 4.36. The summed E-state index contributed by atoms with van der Waals surface area (Å²) in [5, 5.41) is 3.37. The Morgan fingerprint density at radius 1 is 1.40 bits per heavy atom. The van der Waals surface area contributed by atoms with Crippen LogP contribution in [-0.2, 0) is 0 Å². The van der Waals surface area contributed by atoms with Gasteiger partial charge in [0.2, 0.25) is 0 Å². The van der Waals surface area contributed by atoms with Crippen LogP contribution < -0.4 is 10.1 Å². The fourth-order valence-electron chi connectivity index (χ4n) is 3.45. The van der Waals surface area contributed by atoms with Gasteiger partial charge in [0.05, 0.1) is 7.11 Å². The van der Waals surface area contributed by atoms with Gasteiger partial charge in [-0.3, -0.25) is 4.90 Å². The van der Waals surface area contributed by atoms with Gasteiger partial charge in [0, 0.05) is 12.1 Å². The molecule has 1 aliphatic rings. The van der Waals surface area contributed by atoms with Gasteiger partial charge in [-0.2, -0.15) is 0 Å². The fraction of sp³-hybridized carbons (Fsp3) is 0.647. The summed E-state index contributed by atoms with van der Waals surface area (Å²) in [6.45, 7) is 6.87. The summed E-state index contributed by atoms with van der Waals surface area (Å²) in [6, 6.07) is 9.65. The molecule has 2 atom stereocenters. The standard InChI is InChI=1S/C17H28N2O/c1-13(2)19-10-6-8-15(12-18-3)17(19)14-7-5-9-16(11-14)20-4/h5,7,9,11,13,15,17-18H,6,8,10,12H2,1-4H3. The molecule has 1 N–H and O–H groups in total. The summed E-state index contributed by atoms with van der Waals surface area (Å²) in [5.74, 6) is 1.63. The number of rotatable bonds is 5. The predicted octanol–water partition coefficient (Wildman–Crippen LogP) is 3.08. The molecule has 1 heterocycles. The first-order chi connectivity index (χ1) is 9.67. The topological polar surface area (TPSA) is 24.5 Å². The first kappa shape index (κ1) is 15.3. The number of hydrogen-bond donors (Lipinski definition) is 1. The maximum absolute atomic E-state index is 5.40. The molecule has 0 saturated carbocycles. The van der Waals surface area contributed by atoms with Crippen LogP contribution in [0.25, 0.3) is 0 Å². The van der Waals surface area contributed by atoms with E-state index in [0.717, 1.165) is 12.3 Å². The molecule has 0 aromatic heterocycles. The molecule has 20 heavy (non-hydrogen) atoms. The lowest BCUT2D eigenvalue weighted by Crippen LogP contribution is -2.45. The zero-order valence-electron chi connectivity index (χ0n) is 13.2. The van der Waals surface area contributed by atoms with Crippen LogP contribution in [-0.4, -0.2) is 38.2 Å². The number of methoxy groups -OCH3 is 1. The lowest BCUT2D eigenvalue weighted by Gasteiger charge is -2.44. The van der Waals surface area contributed by atoms with Crippen LogP contribution in [0.4, 0.5) is 0 Å². The molecule has 2 rings (SSSR count). The van der Waals surface area contributed by atoms with Crippen LogP contribution in [0.5, 0.6) is 5.75 Å². The molecule has 0 aliphatic carbocycles. The highest BCUT2D eigenvalue weighted by atomic mass is 16.5. The van der Waals surface area contributed by atoms with Crippen LogP contribution in [0.3, 0.4) is 0 Å². The van der Waals surface area contributed by atoms with Crippen molar-refractivity contribution >= 4 is 0 Å². The second kappa shape index (κ2) is 7.09. The Kier molecular flexibility index (Phi) is 5.44. The van der Waals surface area contributed by atoms with Gasteiger partial charge in [0.15, 0.2) is 0 Å². The van der Waals surface area contributed by atoms with Crippen LogP contribution in [0.2, 0.25) is 0 Å². The highest BCUT2D eigenvalue weighted by molar-refractivity contribution is 5.31. The Morgan fingerprint density at radius 3 is 2.85 bits per heavy atom. The summed E-state index contributed by atoms with van der Waals surface area (Å²) in [6.07, 6.45) is 2.59. The molecule has 0 amide bonds. The zero-order valence-corrected chi connectivity index (χ0v) is 13.2. The van der Waals surface area contributed by atoms with E-state index < -0.39 is 0 Å². The maximum Gasteiger partial charge on any atom is 0.119 e. The molecule has 0 spiro atoms. The van der Waals surface area contributed by atoms with E-state index in [1.54, 1.807) is 7.11 Å². The third kappa shape index (κ3) is 3.33. The molecule has 1 aromatic rings. The second-order valence-corrected chi connectivity index (χ2v) is 6.01. The minimum Gasteiger partial charge on any atom is -0.497 e.